The Kier molecular flexibility index (Phi) is 3.02. The highest BCUT2D eigenvalue weighted by molar-refractivity contribution is 5.95. The van der Waals surface area contributed by atoms with Gasteiger partial charge in [-0.3, -0.25) is 0 Å². The van der Waals surface area contributed by atoms with E-state index in [1.807, 2.05) is 0 Å². The van der Waals surface area contributed by atoms with Crippen LogP contribution in [0.3, 0.4) is 0 Å². The lowest BCUT2D eigenvalue weighted by Gasteiger charge is -2.04. The Morgan fingerprint density at radius 3 is 2.72 bits per heavy atom. The second-order valence-electron chi connectivity index (χ2n) is 3.58. The summed E-state index contributed by atoms with van der Waals surface area (Å²) in [6, 6.07) is 3.81. The number of benzene rings is 1. The molecule has 96 valence electrons. The predicted octanol–water partition coefficient (Wildman–Crippen LogP) is 3.63. The molecule has 6 heteroatoms. The van der Waals surface area contributed by atoms with Gasteiger partial charge in [0.05, 0.1) is 12.2 Å². The molecule has 2 aromatic rings. The Morgan fingerprint density at radius 2 is 2.11 bits per heavy atom. The van der Waals surface area contributed by atoms with E-state index in [4.69, 9.17) is 9.15 Å². The lowest BCUT2D eigenvalue weighted by atomic mass is 10.1. The monoisotopic (exact) mass is 258 g/mol. The summed E-state index contributed by atoms with van der Waals surface area (Å²) in [6.45, 7) is 1.78. The van der Waals surface area contributed by atoms with Crippen molar-refractivity contribution in [1.82, 2.24) is 0 Å². The highest BCUT2D eigenvalue weighted by Crippen LogP contribution is 2.36. The fourth-order valence-corrected chi connectivity index (χ4v) is 1.59. The fraction of sp³-hybridized carbons (Fsp3) is 0.250. The average Bonchev–Trinajstić information content (AvgIpc) is 2.71. The molecule has 0 aliphatic heterocycles. The predicted molar refractivity (Wildman–Crippen MR) is 57.2 cm³/mol. The molecule has 1 aromatic carbocycles. The van der Waals surface area contributed by atoms with Crippen LogP contribution in [0.4, 0.5) is 13.2 Å². The summed E-state index contributed by atoms with van der Waals surface area (Å²) in [7, 11) is 0. The maximum absolute atomic E-state index is 12.7. The van der Waals surface area contributed by atoms with Gasteiger partial charge in [-0.15, -0.1) is 0 Å². The van der Waals surface area contributed by atoms with Gasteiger partial charge >= 0.3 is 12.1 Å². The fourth-order valence-electron chi connectivity index (χ4n) is 1.59. The number of halogens is 3. The van der Waals surface area contributed by atoms with Crippen molar-refractivity contribution in [3.05, 3.63) is 35.6 Å². The topological polar surface area (TPSA) is 39.4 Å². The molecule has 0 saturated carbocycles. The number of rotatable bonds is 2. The summed E-state index contributed by atoms with van der Waals surface area (Å²) < 4.78 is 47.5. The first-order chi connectivity index (χ1) is 8.43. The van der Waals surface area contributed by atoms with Crippen LogP contribution >= 0.6 is 0 Å². The molecule has 1 aromatic heterocycles. The van der Waals surface area contributed by atoms with E-state index in [-0.39, 0.29) is 23.1 Å². The average molecular weight is 258 g/mol. The summed E-state index contributed by atoms with van der Waals surface area (Å²) in [5.41, 5.74) is -0.754. The van der Waals surface area contributed by atoms with Crippen LogP contribution in [0, 0.1) is 0 Å². The van der Waals surface area contributed by atoms with Crippen molar-refractivity contribution in [1.29, 1.82) is 0 Å². The molecule has 18 heavy (non-hydrogen) atoms. The van der Waals surface area contributed by atoms with Gasteiger partial charge in [0.25, 0.3) is 0 Å². The highest BCUT2D eigenvalue weighted by atomic mass is 19.4. The molecule has 0 fully saturated rings. The lowest BCUT2D eigenvalue weighted by molar-refractivity contribution is -0.136. The zero-order valence-corrected chi connectivity index (χ0v) is 9.38. The number of esters is 1. The summed E-state index contributed by atoms with van der Waals surface area (Å²) in [6.07, 6.45) is -3.88. The quantitative estimate of drug-likeness (QED) is 0.772. The molecule has 0 unspecified atom stereocenters. The molecule has 0 spiro atoms. The third-order valence-electron chi connectivity index (χ3n) is 2.39. The number of furan rings is 1. The minimum absolute atomic E-state index is 0.0660. The molecule has 0 N–H and O–H groups in total. The van der Waals surface area contributed by atoms with Crippen molar-refractivity contribution >= 4 is 16.9 Å². The van der Waals surface area contributed by atoms with Crippen LogP contribution < -0.4 is 0 Å². The van der Waals surface area contributed by atoms with Crippen molar-refractivity contribution in [2.75, 3.05) is 6.61 Å². The van der Waals surface area contributed by atoms with Crippen LogP contribution in [-0.4, -0.2) is 12.6 Å². The second-order valence-corrected chi connectivity index (χ2v) is 3.58. The molecular formula is C12H9F3O3. The zero-order chi connectivity index (χ0) is 13.3. The third-order valence-corrected chi connectivity index (χ3v) is 2.39. The van der Waals surface area contributed by atoms with Gasteiger partial charge in [0, 0.05) is 5.39 Å². The van der Waals surface area contributed by atoms with Crippen LogP contribution in [0.15, 0.2) is 28.9 Å². The highest BCUT2D eigenvalue weighted by Gasteiger charge is 2.34. The summed E-state index contributed by atoms with van der Waals surface area (Å²) in [5, 5.41) is -0.145. The molecule has 0 atom stereocenters. The molecule has 3 nitrogen and oxygen atoms in total. The van der Waals surface area contributed by atoms with Crippen molar-refractivity contribution in [2.24, 2.45) is 0 Å². The minimum atomic E-state index is -4.52. The third kappa shape index (κ3) is 2.18. The van der Waals surface area contributed by atoms with Crippen molar-refractivity contribution in [3.8, 4) is 0 Å². The standard InChI is InChI=1S/C12H9F3O3/c1-2-17-11(16)7-3-4-10-8(5-7)9(6-18-10)12(13,14)15/h3-6H,2H2,1H3. The van der Waals surface area contributed by atoms with E-state index in [0.717, 1.165) is 6.07 Å². The maximum Gasteiger partial charge on any atom is 0.420 e. The smallest absolute Gasteiger partial charge is 0.420 e. The van der Waals surface area contributed by atoms with Crippen molar-refractivity contribution in [3.63, 3.8) is 0 Å². The molecule has 1 heterocycles. The van der Waals surface area contributed by atoms with E-state index in [9.17, 15) is 18.0 Å². The van der Waals surface area contributed by atoms with Crippen LogP contribution in [-0.2, 0) is 10.9 Å². The number of carbonyl (C=O) groups is 1. The van der Waals surface area contributed by atoms with Crippen LogP contribution in [0.2, 0.25) is 0 Å². The van der Waals surface area contributed by atoms with Gasteiger partial charge in [-0.1, -0.05) is 0 Å². The van der Waals surface area contributed by atoms with E-state index in [0.29, 0.717) is 6.26 Å². The number of carbonyl (C=O) groups excluding carboxylic acids is 1. The van der Waals surface area contributed by atoms with Gasteiger partial charge in [0.2, 0.25) is 0 Å². The zero-order valence-electron chi connectivity index (χ0n) is 9.38. The molecule has 0 aliphatic carbocycles. The minimum Gasteiger partial charge on any atom is -0.464 e. The first kappa shape index (κ1) is 12.5. The van der Waals surface area contributed by atoms with E-state index in [2.05, 4.69) is 0 Å². The number of hydrogen-bond acceptors (Lipinski definition) is 3. The van der Waals surface area contributed by atoms with Crippen molar-refractivity contribution < 1.29 is 27.1 Å². The summed E-state index contributed by atoms with van der Waals surface area (Å²) in [4.78, 5) is 11.4. The molecule has 0 radical (unpaired) electrons. The van der Waals surface area contributed by atoms with Crippen LogP contribution in [0.5, 0.6) is 0 Å². The molecule has 0 saturated heterocycles. The number of hydrogen-bond donors (Lipinski definition) is 0. The molecule has 0 amide bonds. The van der Waals surface area contributed by atoms with Gasteiger partial charge in [-0.2, -0.15) is 13.2 Å². The van der Waals surface area contributed by atoms with E-state index < -0.39 is 17.7 Å². The van der Waals surface area contributed by atoms with Gasteiger partial charge < -0.3 is 9.15 Å². The molecular weight excluding hydrogens is 249 g/mol. The van der Waals surface area contributed by atoms with Gasteiger partial charge in [0.15, 0.2) is 0 Å². The second kappa shape index (κ2) is 4.36. The first-order valence-electron chi connectivity index (χ1n) is 5.19. The van der Waals surface area contributed by atoms with Crippen LogP contribution in [0.25, 0.3) is 11.0 Å². The Morgan fingerprint density at radius 1 is 1.39 bits per heavy atom. The maximum atomic E-state index is 12.7. The number of ether oxygens (including phenoxy) is 1. The summed E-state index contributed by atoms with van der Waals surface area (Å²) >= 11 is 0. The van der Waals surface area contributed by atoms with Crippen LogP contribution in [0.1, 0.15) is 22.8 Å². The molecule has 2 rings (SSSR count). The Labute approximate surface area is 100 Å². The Bertz CT molecular complexity index is 584. The van der Waals surface area contributed by atoms with Gasteiger partial charge in [0.1, 0.15) is 17.4 Å². The van der Waals surface area contributed by atoms with Crippen molar-refractivity contribution in [2.45, 2.75) is 13.1 Å². The molecule has 0 bridgehead atoms. The SMILES string of the molecule is CCOC(=O)c1ccc2occ(C(F)(F)F)c2c1. The van der Waals surface area contributed by atoms with E-state index >= 15 is 0 Å². The normalized spacial score (nSPS) is 11.8. The first-order valence-corrected chi connectivity index (χ1v) is 5.19. The largest absolute Gasteiger partial charge is 0.464 e. The van der Waals surface area contributed by atoms with E-state index in [1.165, 1.54) is 12.1 Å². The van der Waals surface area contributed by atoms with E-state index in [1.54, 1.807) is 6.92 Å². The lowest BCUT2D eigenvalue weighted by Crippen LogP contribution is -2.06. The Hall–Kier alpha value is -1.98. The Balaban J connectivity index is 2.52. The summed E-state index contributed by atoms with van der Waals surface area (Å²) in [5.74, 6) is -0.659. The van der Waals surface area contributed by atoms with Gasteiger partial charge in [-0.25, -0.2) is 4.79 Å². The number of fused-ring (bicyclic) bond motifs is 1. The molecule has 0 aliphatic rings. The van der Waals surface area contributed by atoms with Gasteiger partial charge in [-0.05, 0) is 25.1 Å². The number of alkyl halides is 3.